The van der Waals surface area contributed by atoms with Crippen LogP contribution in [0.5, 0.6) is 17.2 Å². The van der Waals surface area contributed by atoms with Gasteiger partial charge in [-0.15, -0.1) is 5.75 Å². The second-order valence-electron chi connectivity index (χ2n) is 12.3. The van der Waals surface area contributed by atoms with Crippen molar-refractivity contribution in [3.8, 4) is 17.2 Å². The van der Waals surface area contributed by atoms with Gasteiger partial charge >= 0.3 is 0 Å². The molecule has 244 valence electrons. The lowest BCUT2D eigenvalue weighted by atomic mass is 9.94. The Labute approximate surface area is 284 Å². The normalized spacial score (nSPS) is 11.1. The van der Waals surface area contributed by atoms with E-state index in [4.69, 9.17) is 4.74 Å². The maximum Gasteiger partial charge on any atom is 0.196 e. The maximum absolute atomic E-state index is 13.0. The lowest BCUT2D eigenvalue weighted by Crippen LogP contribution is -2.40. The van der Waals surface area contributed by atoms with Gasteiger partial charge in [0.2, 0.25) is 0 Å². The summed E-state index contributed by atoms with van der Waals surface area (Å²) in [6.07, 6.45) is 0.779. The van der Waals surface area contributed by atoms with Gasteiger partial charge in [0.15, 0.2) is 6.73 Å². The molecule has 6 aromatic rings. The standard InChI is InChI=1S/C23H24O3.C20H20NO/c1-14-4-6-21(24)17(8-14)12-19-10-16(3)11-20(23(19)26)13-18-9-15(2)5-7-22(18)25;1-22-17-21(18-11-5-2-6-12-18,19-13-7-3-8-14-19)20-15-9-4-10-16-20/h4-11,24-26H,12-13H2,1-3H3;2-16H,17H2,1H3/q;+1/p-1. The van der Waals surface area contributed by atoms with E-state index in [1.807, 2.05) is 75.4 Å². The molecule has 0 aromatic heterocycles. The monoisotopic (exact) mass is 637 g/mol. The first-order valence-corrected chi connectivity index (χ1v) is 16.1. The van der Waals surface area contributed by atoms with Crippen LogP contribution >= 0.6 is 0 Å². The lowest BCUT2D eigenvalue weighted by molar-refractivity contribution is -0.270. The minimum Gasteiger partial charge on any atom is -0.872 e. The molecule has 0 saturated heterocycles. The van der Waals surface area contributed by atoms with Crippen LogP contribution in [0.1, 0.15) is 38.9 Å². The number of hydrogen-bond acceptors (Lipinski definition) is 4. The Morgan fingerprint density at radius 2 is 0.854 bits per heavy atom. The van der Waals surface area contributed by atoms with Crippen molar-refractivity contribution in [2.24, 2.45) is 0 Å². The van der Waals surface area contributed by atoms with Crippen LogP contribution in [0.25, 0.3) is 0 Å². The Morgan fingerprint density at radius 1 is 0.500 bits per heavy atom. The van der Waals surface area contributed by atoms with Crippen LogP contribution in [0, 0.1) is 20.8 Å². The van der Waals surface area contributed by atoms with Crippen molar-refractivity contribution < 1.29 is 20.1 Å². The molecule has 0 heterocycles. The number of ether oxygens (including phenoxy) is 1. The van der Waals surface area contributed by atoms with Crippen molar-refractivity contribution >= 4 is 17.1 Å². The van der Waals surface area contributed by atoms with E-state index in [1.165, 1.54) is 17.1 Å². The summed E-state index contributed by atoms with van der Waals surface area (Å²) in [5, 5.41) is 33.1. The number of hydrogen-bond donors (Lipinski definition) is 2. The first kappa shape index (κ1) is 34.0. The van der Waals surface area contributed by atoms with Crippen LogP contribution in [0.4, 0.5) is 17.1 Å². The summed E-state index contributed by atoms with van der Waals surface area (Å²) in [7, 11) is 1.75. The Kier molecular flexibility index (Phi) is 11.0. The molecule has 0 bridgehead atoms. The number of phenolic OH excluding ortho intramolecular Hbond substituents is 2. The second kappa shape index (κ2) is 15.5. The number of aromatic hydroxyl groups is 2. The van der Waals surface area contributed by atoms with E-state index in [1.54, 1.807) is 19.2 Å². The van der Waals surface area contributed by atoms with Crippen LogP contribution in [-0.4, -0.2) is 24.1 Å². The summed E-state index contributed by atoms with van der Waals surface area (Å²) in [5.41, 5.74) is 9.44. The van der Waals surface area contributed by atoms with Crippen molar-refractivity contribution in [3.05, 3.63) is 178 Å². The highest BCUT2D eigenvalue weighted by atomic mass is 16.5. The van der Waals surface area contributed by atoms with Crippen LogP contribution in [0.15, 0.2) is 140 Å². The number of methoxy groups -OCH3 is 1. The van der Waals surface area contributed by atoms with Gasteiger partial charge in [-0.25, -0.2) is 4.48 Å². The fourth-order valence-electron chi connectivity index (χ4n) is 6.23. The fraction of sp³-hybridized carbons (Fsp3) is 0.163. The van der Waals surface area contributed by atoms with Gasteiger partial charge in [-0.3, -0.25) is 0 Å². The number of rotatable bonds is 9. The van der Waals surface area contributed by atoms with Crippen molar-refractivity contribution in [1.82, 2.24) is 4.48 Å². The van der Waals surface area contributed by atoms with Gasteiger partial charge in [0.25, 0.3) is 0 Å². The molecule has 0 spiro atoms. The Bertz CT molecular complexity index is 1770. The van der Waals surface area contributed by atoms with E-state index in [9.17, 15) is 15.3 Å². The molecule has 0 fully saturated rings. The predicted molar refractivity (Wildman–Crippen MR) is 194 cm³/mol. The van der Waals surface area contributed by atoms with E-state index < -0.39 is 0 Å². The number of nitrogens with zero attached hydrogens (tertiary/aromatic N) is 1. The van der Waals surface area contributed by atoms with Gasteiger partial charge in [-0.2, -0.15) is 0 Å². The molecule has 2 N–H and O–H groups in total. The van der Waals surface area contributed by atoms with Crippen LogP contribution in [-0.2, 0) is 17.6 Å². The van der Waals surface area contributed by atoms with Gasteiger partial charge < -0.3 is 20.1 Å². The zero-order valence-corrected chi connectivity index (χ0v) is 28.1. The molecule has 0 aliphatic rings. The van der Waals surface area contributed by atoms with E-state index in [0.717, 1.165) is 27.8 Å². The first-order valence-electron chi connectivity index (χ1n) is 16.1. The number of para-hydroxylation sites is 3. The van der Waals surface area contributed by atoms with Crippen LogP contribution in [0.2, 0.25) is 0 Å². The van der Waals surface area contributed by atoms with Crippen molar-refractivity contribution in [2.45, 2.75) is 33.6 Å². The van der Waals surface area contributed by atoms with E-state index in [0.29, 0.717) is 35.2 Å². The SMILES string of the molecule is COC[N+](c1ccccc1)(c1ccccc1)c1ccccc1.Cc1ccc(O)c(Cc2cc(C)cc(Cc3cc(C)ccc3O)c2[O-])c1. The average molecular weight is 638 g/mol. The Hall–Kier alpha value is -5.36. The molecule has 5 heteroatoms. The largest absolute Gasteiger partial charge is 0.872 e. The summed E-state index contributed by atoms with van der Waals surface area (Å²) >= 11 is 0. The first-order chi connectivity index (χ1) is 23.2. The molecule has 0 saturated carbocycles. The van der Waals surface area contributed by atoms with Crippen molar-refractivity contribution in [1.29, 1.82) is 0 Å². The van der Waals surface area contributed by atoms with E-state index in [-0.39, 0.29) is 17.2 Å². The lowest BCUT2D eigenvalue weighted by Gasteiger charge is -2.36. The smallest absolute Gasteiger partial charge is 0.196 e. The molecule has 6 aromatic carbocycles. The summed E-state index contributed by atoms with van der Waals surface area (Å²) in [5.74, 6) is 0.376. The zero-order valence-electron chi connectivity index (χ0n) is 28.1. The predicted octanol–water partition coefficient (Wildman–Crippen LogP) is 9.54. The van der Waals surface area contributed by atoms with Gasteiger partial charge in [-0.05, 0) is 44.0 Å². The molecule has 0 unspecified atom stereocenters. The van der Waals surface area contributed by atoms with Gasteiger partial charge in [0.05, 0.1) is 0 Å². The highest BCUT2D eigenvalue weighted by Gasteiger charge is 2.36. The fourth-order valence-corrected chi connectivity index (χ4v) is 6.23. The Balaban J connectivity index is 0.000000190. The van der Waals surface area contributed by atoms with Crippen LogP contribution in [0.3, 0.4) is 0 Å². The average Bonchev–Trinajstić information content (AvgIpc) is 3.10. The molecule has 0 amide bonds. The zero-order chi connectivity index (χ0) is 34.1. The van der Waals surface area contributed by atoms with Gasteiger partial charge in [-0.1, -0.05) is 119 Å². The molecule has 0 atom stereocenters. The summed E-state index contributed by atoms with van der Waals surface area (Å²) in [6, 6.07) is 46.1. The van der Waals surface area contributed by atoms with Crippen molar-refractivity contribution in [3.63, 3.8) is 0 Å². The maximum atomic E-state index is 13.0. The minimum atomic E-state index is -0.0302. The molecule has 0 radical (unpaired) electrons. The number of phenols is 2. The number of aryl methyl sites for hydroxylation is 3. The third-order valence-corrected chi connectivity index (χ3v) is 8.53. The minimum absolute atomic E-state index is 0.0302. The van der Waals surface area contributed by atoms with Crippen molar-refractivity contribution in [2.75, 3.05) is 13.8 Å². The van der Waals surface area contributed by atoms with E-state index in [2.05, 4.69) is 72.8 Å². The topological polar surface area (TPSA) is 72.8 Å². The van der Waals surface area contributed by atoms with Gasteiger partial charge in [0.1, 0.15) is 28.6 Å². The summed E-state index contributed by atoms with van der Waals surface area (Å²) in [6.45, 7) is 6.42. The summed E-state index contributed by atoms with van der Waals surface area (Å²) < 4.78 is 6.18. The number of benzene rings is 6. The van der Waals surface area contributed by atoms with Crippen LogP contribution < -0.4 is 9.59 Å². The highest BCUT2D eigenvalue weighted by molar-refractivity contribution is 5.70. The highest BCUT2D eigenvalue weighted by Crippen LogP contribution is 2.43. The number of quaternary nitrogens is 1. The quantitative estimate of drug-likeness (QED) is 0.122. The molecular weight excluding hydrogens is 594 g/mol. The summed E-state index contributed by atoms with van der Waals surface area (Å²) in [4.78, 5) is 0. The third-order valence-electron chi connectivity index (χ3n) is 8.53. The third kappa shape index (κ3) is 7.77. The molecular formula is C43H43NO4. The molecule has 5 nitrogen and oxygen atoms in total. The Morgan fingerprint density at radius 3 is 1.21 bits per heavy atom. The second-order valence-corrected chi connectivity index (χ2v) is 12.3. The molecule has 6 rings (SSSR count). The van der Waals surface area contributed by atoms with E-state index >= 15 is 0 Å². The molecule has 48 heavy (non-hydrogen) atoms. The molecule has 0 aliphatic heterocycles. The van der Waals surface area contributed by atoms with Gasteiger partial charge in [0, 0.05) is 56.3 Å². The molecule has 0 aliphatic carbocycles.